The summed E-state index contributed by atoms with van der Waals surface area (Å²) in [6, 6.07) is 2.77. The quantitative estimate of drug-likeness (QED) is 0.597. The van der Waals surface area contributed by atoms with Crippen molar-refractivity contribution in [2.75, 3.05) is 0 Å². The monoisotopic (exact) mass is 472 g/mol. The van der Waals surface area contributed by atoms with E-state index in [0.29, 0.717) is 11.3 Å². The maximum Gasteiger partial charge on any atom is 0.416 e. The lowest BCUT2D eigenvalue weighted by atomic mass is 9.98. The van der Waals surface area contributed by atoms with Gasteiger partial charge >= 0.3 is 6.18 Å². The van der Waals surface area contributed by atoms with Gasteiger partial charge in [-0.2, -0.15) is 28.7 Å². The SMILES string of the molecule is CC(C)Cn1nc(C(C)(C)C)sc1=NC(=O)c1cc(C(F)(F)F)ccc1ONC(C)(C)C. The van der Waals surface area contributed by atoms with Crippen LogP contribution >= 0.6 is 11.3 Å². The molecule has 0 aliphatic rings. The molecular weight excluding hydrogens is 441 g/mol. The molecule has 0 radical (unpaired) electrons. The van der Waals surface area contributed by atoms with Gasteiger partial charge in [0, 0.05) is 17.5 Å². The summed E-state index contributed by atoms with van der Waals surface area (Å²) < 4.78 is 41.5. The molecule has 0 saturated carbocycles. The van der Waals surface area contributed by atoms with E-state index in [4.69, 9.17) is 4.84 Å². The Bertz CT molecular complexity index is 1030. The number of nitrogens with zero attached hydrogens (tertiary/aromatic N) is 3. The van der Waals surface area contributed by atoms with Crippen molar-refractivity contribution in [3.8, 4) is 5.75 Å². The normalized spacial score (nSPS) is 13.7. The topological polar surface area (TPSA) is 68.5 Å². The van der Waals surface area contributed by atoms with Crippen LogP contribution in [0.3, 0.4) is 0 Å². The van der Waals surface area contributed by atoms with Crippen LogP contribution in [0.2, 0.25) is 0 Å². The van der Waals surface area contributed by atoms with E-state index in [-0.39, 0.29) is 22.6 Å². The summed E-state index contributed by atoms with van der Waals surface area (Å²) >= 11 is 1.25. The van der Waals surface area contributed by atoms with E-state index in [1.807, 2.05) is 55.4 Å². The molecule has 1 N–H and O–H groups in total. The van der Waals surface area contributed by atoms with Crippen molar-refractivity contribution in [2.45, 2.75) is 79.1 Å². The van der Waals surface area contributed by atoms with E-state index in [1.54, 1.807) is 4.68 Å². The zero-order valence-corrected chi connectivity index (χ0v) is 20.5. The van der Waals surface area contributed by atoms with E-state index in [1.165, 1.54) is 11.3 Å². The zero-order valence-electron chi connectivity index (χ0n) is 19.7. The van der Waals surface area contributed by atoms with Gasteiger partial charge in [0.05, 0.1) is 11.1 Å². The van der Waals surface area contributed by atoms with Crippen LogP contribution in [0.5, 0.6) is 5.75 Å². The van der Waals surface area contributed by atoms with Crippen LogP contribution in [0.15, 0.2) is 23.2 Å². The smallest absolute Gasteiger partial charge is 0.407 e. The standard InChI is InChI=1S/C22H31F3N4O2S/c1-13(2)12-29-19(32-18(27-29)20(3,4)5)26-17(30)15-11-14(22(23,24)25)9-10-16(15)31-28-21(6,7)8/h9-11,13,28H,12H2,1-8H3. The molecule has 0 aliphatic heterocycles. The first kappa shape index (κ1) is 26.1. The number of carbonyl (C=O) groups is 1. The van der Waals surface area contributed by atoms with Gasteiger partial charge in [-0.25, -0.2) is 4.68 Å². The number of amides is 1. The average Bonchev–Trinajstić information content (AvgIpc) is 3.00. The number of hydrogen-bond acceptors (Lipinski definition) is 5. The van der Waals surface area contributed by atoms with Gasteiger partial charge in [0.1, 0.15) is 5.01 Å². The molecule has 0 spiro atoms. The van der Waals surface area contributed by atoms with Crippen LogP contribution in [-0.2, 0) is 18.1 Å². The van der Waals surface area contributed by atoms with Gasteiger partial charge in [-0.15, -0.1) is 0 Å². The number of alkyl halides is 3. The molecule has 0 saturated heterocycles. The minimum Gasteiger partial charge on any atom is -0.407 e. The molecule has 2 rings (SSSR count). The minimum atomic E-state index is -4.60. The Morgan fingerprint density at radius 2 is 1.81 bits per heavy atom. The Labute approximate surface area is 190 Å². The number of nitrogens with one attached hydrogen (secondary N) is 1. The first-order valence-electron chi connectivity index (χ1n) is 10.3. The number of hydroxylamine groups is 1. The van der Waals surface area contributed by atoms with Gasteiger partial charge < -0.3 is 4.84 Å². The van der Waals surface area contributed by atoms with Gasteiger partial charge in [-0.05, 0) is 44.9 Å². The zero-order chi connectivity index (χ0) is 24.5. The Morgan fingerprint density at radius 1 is 1.19 bits per heavy atom. The van der Waals surface area contributed by atoms with Gasteiger partial charge in [-0.1, -0.05) is 46.0 Å². The lowest BCUT2D eigenvalue weighted by Gasteiger charge is -2.21. The third-order valence-corrected chi connectivity index (χ3v) is 5.37. The lowest BCUT2D eigenvalue weighted by molar-refractivity contribution is -0.137. The molecule has 2 aromatic rings. The summed E-state index contributed by atoms with van der Waals surface area (Å²) in [4.78, 5) is 23.0. The summed E-state index contributed by atoms with van der Waals surface area (Å²) in [5.74, 6) is -0.622. The van der Waals surface area contributed by atoms with E-state index >= 15 is 0 Å². The summed E-state index contributed by atoms with van der Waals surface area (Å²) in [6.45, 7) is 16.0. The predicted molar refractivity (Wildman–Crippen MR) is 118 cm³/mol. The summed E-state index contributed by atoms with van der Waals surface area (Å²) in [7, 11) is 0. The molecule has 0 unspecified atom stereocenters. The molecule has 0 fully saturated rings. The molecule has 0 aliphatic carbocycles. The van der Waals surface area contributed by atoms with Crippen molar-refractivity contribution in [1.82, 2.24) is 15.3 Å². The van der Waals surface area contributed by atoms with E-state index in [9.17, 15) is 18.0 Å². The minimum absolute atomic E-state index is 0.0300. The van der Waals surface area contributed by atoms with E-state index in [0.717, 1.165) is 23.2 Å². The first-order valence-corrected chi connectivity index (χ1v) is 11.1. The van der Waals surface area contributed by atoms with Crippen molar-refractivity contribution in [3.05, 3.63) is 39.1 Å². The second-order valence-electron chi connectivity index (χ2n) is 10.1. The van der Waals surface area contributed by atoms with Crippen molar-refractivity contribution < 1.29 is 22.8 Å². The van der Waals surface area contributed by atoms with Gasteiger partial charge in [0.25, 0.3) is 5.91 Å². The Hall–Kier alpha value is -2.20. The van der Waals surface area contributed by atoms with Crippen molar-refractivity contribution >= 4 is 17.2 Å². The van der Waals surface area contributed by atoms with Gasteiger partial charge in [0.2, 0.25) is 4.80 Å². The largest absolute Gasteiger partial charge is 0.416 e. The summed E-state index contributed by atoms with van der Waals surface area (Å²) in [5, 5.41) is 5.36. The number of carbonyl (C=O) groups excluding carboxylic acids is 1. The molecule has 178 valence electrons. The number of hydrogen-bond donors (Lipinski definition) is 1. The Morgan fingerprint density at radius 3 is 2.31 bits per heavy atom. The van der Waals surface area contributed by atoms with Crippen LogP contribution in [0, 0.1) is 5.92 Å². The third kappa shape index (κ3) is 7.16. The maximum absolute atomic E-state index is 13.3. The fourth-order valence-electron chi connectivity index (χ4n) is 2.48. The average molecular weight is 473 g/mol. The fourth-order valence-corrected chi connectivity index (χ4v) is 3.45. The molecule has 1 amide bonds. The van der Waals surface area contributed by atoms with E-state index in [2.05, 4.69) is 15.6 Å². The molecule has 32 heavy (non-hydrogen) atoms. The van der Waals surface area contributed by atoms with Crippen LogP contribution in [0.4, 0.5) is 13.2 Å². The van der Waals surface area contributed by atoms with Gasteiger partial charge in [-0.3, -0.25) is 4.79 Å². The number of rotatable bonds is 5. The van der Waals surface area contributed by atoms with Crippen LogP contribution in [0.25, 0.3) is 0 Å². The number of benzene rings is 1. The fraction of sp³-hybridized carbons (Fsp3) is 0.591. The van der Waals surface area contributed by atoms with Crippen LogP contribution in [0.1, 0.15) is 76.3 Å². The second kappa shape index (κ2) is 9.35. The molecule has 6 nitrogen and oxygen atoms in total. The van der Waals surface area contributed by atoms with Crippen LogP contribution in [-0.4, -0.2) is 21.2 Å². The van der Waals surface area contributed by atoms with Gasteiger partial charge in [0.15, 0.2) is 5.75 Å². The first-order chi connectivity index (χ1) is 14.5. The molecule has 1 aromatic heterocycles. The maximum atomic E-state index is 13.3. The number of halogens is 3. The Balaban J connectivity index is 2.60. The summed E-state index contributed by atoms with van der Waals surface area (Å²) in [6.07, 6.45) is -4.60. The Kier molecular flexibility index (Phi) is 7.61. The highest BCUT2D eigenvalue weighted by molar-refractivity contribution is 7.09. The molecule has 10 heteroatoms. The highest BCUT2D eigenvalue weighted by Crippen LogP contribution is 2.33. The molecular formula is C22H31F3N4O2S. The van der Waals surface area contributed by atoms with Crippen molar-refractivity contribution in [1.29, 1.82) is 0 Å². The predicted octanol–water partition coefficient (Wildman–Crippen LogP) is 5.34. The highest BCUT2D eigenvalue weighted by atomic mass is 32.1. The molecule has 0 atom stereocenters. The summed E-state index contributed by atoms with van der Waals surface area (Å²) in [5.41, 5.74) is 0.749. The molecule has 1 heterocycles. The lowest BCUT2D eigenvalue weighted by Crippen LogP contribution is -2.38. The highest BCUT2D eigenvalue weighted by Gasteiger charge is 2.32. The second-order valence-corrected chi connectivity index (χ2v) is 11.1. The molecule has 0 bridgehead atoms. The van der Waals surface area contributed by atoms with Crippen LogP contribution < -0.4 is 15.1 Å². The number of aromatic nitrogens is 2. The van der Waals surface area contributed by atoms with Crippen molar-refractivity contribution in [3.63, 3.8) is 0 Å². The van der Waals surface area contributed by atoms with Crippen molar-refractivity contribution in [2.24, 2.45) is 10.9 Å². The molecule has 1 aromatic carbocycles. The third-order valence-electron chi connectivity index (χ3n) is 4.00. The van der Waals surface area contributed by atoms with E-state index < -0.39 is 23.2 Å².